The molecule has 2 N–H and O–H groups in total. The van der Waals surface area contributed by atoms with Crippen LogP contribution in [-0.2, 0) is 0 Å². The molecule has 0 bridgehead atoms. The number of aliphatic hydroxyl groups excluding tert-OH is 1. The fourth-order valence-electron chi connectivity index (χ4n) is 0.991. The first-order valence-corrected chi connectivity index (χ1v) is 4.48. The minimum Gasteiger partial charge on any atom is -0.494 e. The van der Waals surface area contributed by atoms with Gasteiger partial charge in [-0.2, -0.15) is 5.10 Å². The van der Waals surface area contributed by atoms with Gasteiger partial charge in [0.2, 0.25) is 0 Å². The molecule has 0 radical (unpaired) electrons. The second kappa shape index (κ2) is 5.98. The summed E-state index contributed by atoms with van der Waals surface area (Å²) in [5, 5.41) is 12.3. The smallest absolute Gasteiger partial charge is 0.165 e. The number of ether oxygens (including phenoxy) is 1. The van der Waals surface area contributed by atoms with Crippen molar-refractivity contribution < 1.29 is 14.2 Å². The summed E-state index contributed by atoms with van der Waals surface area (Å²) in [4.78, 5) is 0. The van der Waals surface area contributed by atoms with Gasteiger partial charge in [-0.05, 0) is 17.7 Å². The van der Waals surface area contributed by atoms with Gasteiger partial charge in [0, 0.05) is 0 Å². The van der Waals surface area contributed by atoms with Crippen LogP contribution < -0.4 is 10.2 Å². The standard InChI is InChI=1S/C10H13FN2O2/c1-15-10-6-8(2-3-9(10)11)7-13-12-4-5-14/h2-3,6-7,12,14H,4-5H2,1H3/b13-7+. The molecule has 0 heterocycles. The Bertz CT molecular complexity index is 342. The molecule has 0 atom stereocenters. The quantitative estimate of drug-likeness (QED) is 0.430. The fourth-order valence-corrected chi connectivity index (χ4v) is 0.991. The summed E-state index contributed by atoms with van der Waals surface area (Å²) in [5.74, 6) is -0.223. The first kappa shape index (κ1) is 11.5. The molecular formula is C10H13FN2O2. The zero-order valence-electron chi connectivity index (χ0n) is 8.40. The molecule has 1 aromatic rings. The van der Waals surface area contributed by atoms with Gasteiger partial charge in [-0.3, -0.25) is 0 Å². The summed E-state index contributed by atoms with van der Waals surface area (Å²) < 4.78 is 17.8. The fraction of sp³-hybridized carbons (Fsp3) is 0.300. The molecule has 15 heavy (non-hydrogen) atoms. The SMILES string of the molecule is COc1cc(/C=N/NCCO)ccc1F. The van der Waals surface area contributed by atoms with Crippen molar-refractivity contribution >= 4 is 6.21 Å². The Balaban J connectivity index is 2.65. The van der Waals surface area contributed by atoms with Crippen LogP contribution in [0.15, 0.2) is 23.3 Å². The number of halogens is 1. The highest BCUT2D eigenvalue weighted by molar-refractivity contribution is 5.80. The Labute approximate surface area is 87.4 Å². The van der Waals surface area contributed by atoms with Crippen molar-refractivity contribution in [2.75, 3.05) is 20.3 Å². The monoisotopic (exact) mass is 212 g/mol. The van der Waals surface area contributed by atoms with Gasteiger partial charge >= 0.3 is 0 Å². The highest BCUT2D eigenvalue weighted by Crippen LogP contribution is 2.16. The maximum atomic E-state index is 13.0. The average Bonchev–Trinajstić information content (AvgIpc) is 2.26. The van der Waals surface area contributed by atoms with Crippen LogP contribution in [0.5, 0.6) is 5.75 Å². The van der Waals surface area contributed by atoms with E-state index in [4.69, 9.17) is 9.84 Å². The summed E-state index contributed by atoms with van der Waals surface area (Å²) >= 11 is 0. The van der Waals surface area contributed by atoms with Crippen LogP contribution in [0.25, 0.3) is 0 Å². The lowest BCUT2D eigenvalue weighted by Crippen LogP contribution is -2.11. The van der Waals surface area contributed by atoms with E-state index in [-0.39, 0.29) is 12.4 Å². The summed E-state index contributed by atoms with van der Waals surface area (Å²) in [7, 11) is 1.41. The van der Waals surface area contributed by atoms with Gasteiger partial charge in [0.05, 0.1) is 26.5 Å². The van der Waals surface area contributed by atoms with Crippen LogP contribution in [0, 0.1) is 5.82 Å². The molecule has 5 heteroatoms. The molecule has 0 aromatic heterocycles. The number of hydrogen-bond acceptors (Lipinski definition) is 4. The summed E-state index contributed by atoms with van der Waals surface area (Å²) in [5.41, 5.74) is 3.34. The average molecular weight is 212 g/mol. The van der Waals surface area contributed by atoms with Gasteiger partial charge in [0.1, 0.15) is 0 Å². The first-order valence-electron chi connectivity index (χ1n) is 4.48. The van der Waals surface area contributed by atoms with E-state index in [2.05, 4.69) is 10.5 Å². The Morgan fingerprint density at radius 3 is 3.07 bits per heavy atom. The Kier molecular flexibility index (Phi) is 4.56. The Morgan fingerprint density at radius 2 is 2.40 bits per heavy atom. The van der Waals surface area contributed by atoms with Crippen molar-refractivity contribution in [3.63, 3.8) is 0 Å². The number of hydrazone groups is 1. The van der Waals surface area contributed by atoms with E-state index in [9.17, 15) is 4.39 Å². The van der Waals surface area contributed by atoms with E-state index < -0.39 is 5.82 Å². The van der Waals surface area contributed by atoms with Gasteiger partial charge in [0.15, 0.2) is 11.6 Å². The van der Waals surface area contributed by atoms with Gasteiger partial charge in [-0.15, -0.1) is 0 Å². The van der Waals surface area contributed by atoms with Crippen molar-refractivity contribution in [3.8, 4) is 5.75 Å². The van der Waals surface area contributed by atoms with Crippen molar-refractivity contribution in [1.82, 2.24) is 5.43 Å². The van der Waals surface area contributed by atoms with Crippen LogP contribution in [0.2, 0.25) is 0 Å². The van der Waals surface area contributed by atoms with Crippen molar-refractivity contribution in [1.29, 1.82) is 0 Å². The van der Waals surface area contributed by atoms with E-state index in [0.717, 1.165) is 5.56 Å². The molecule has 0 saturated carbocycles. The molecule has 0 aliphatic carbocycles. The van der Waals surface area contributed by atoms with E-state index in [1.807, 2.05) is 0 Å². The molecule has 82 valence electrons. The minimum atomic E-state index is -0.405. The molecular weight excluding hydrogens is 199 g/mol. The molecule has 0 aliphatic heterocycles. The van der Waals surface area contributed by atoms with Gasteiger partial charge < -0.3 is 15.3 Å². The molecule has 0 amide bonds. The van der Waals surface area contributed by atoms with Crippen LogP contribution in [-0.4, -0.2) is 31.6 Å². The number of benzene rings is 1. The van der Waals surface area contributed by atoms with Gasteiger partial charge in [0.25, 0.3) is 0 Å². The highest BCUT2D eigenvalue weighted by Gasteiger charge is 2.01. The summed E-state index contributed by atoms with van der Waals surface area (Å²) in [6.07, 6.45) is 1.53. The van der Waals surface area contributed by atoms with Gasteiger partial charge in [-0.1, -0.05) is 6.07 Å². The van der Waals surface area contributed by atoms with Crippen LogP contribution in [0.4, 0.5) is 4.39 Å². The Hall–Kier alpha value is -1.62. The third-order valence-corrected chi connectivity index (χ3v) is 1.70. The largest absolute Gasteiger partial charge is 0.494 e. The number of methoxy groups -OCH3 is 1. The predicted octanol–water partition coefficient (Wildman–Crippen LogP) is 0.750. The maximum Gasteiger partial charge on any atom is 0.165 e. The number of nitrogens with one attached hydrogen (secondary N) is 1. The predicted molar refractivity (Wildman–Crippen MR) is 55.6 cm³/mol. The topological polar surface area (TPSA) is 53.8 Å². The molecule has 0 fully saturated rings. The number of rotatable bonds is 5. The van der Waals surface area contributed by atoms with E-state index in [1.165, 1.54) is 19.4 Å². The molecule has 0 aliphatic rings. The molecule has 4 nitrogen and oxygen atoms in total. The third kappa shape index (κ3) is 3.55. The molecule has 1 aromatic carbocycles. The maximum absolute atomic E-state index is 13.0. The summed E-state index contributed by atoms with van der Waals surface area (Å²) in [6.45, 7) is 0.402. The highest BCUT2D eigenvalue weighted by atomic mass is 19.1. The van der Waals surface area contributed by atoms with Crippen molar-refractivity contribution in [3.05, 3.63) is 29.6 Å². The normalized spacial score (nSPS) is 10.6. The van der Waals surface area contributed by atoms with E-state index >= 15 is 0 Å². The van der Waals surface area contributed by atoms with Gasteiger partial charge in [-0.25, -0.2) is 4.39 Å². The third-order valence-electron chi connectivity index (χ3n) is 1.70. The lowest BCUT2D eigenvalue weighted by atomic mass is 10.2. The van der Waals surface area contributed by atoms with E-state index in [0.29, 0.717) is 6.54 Å². The molecule has 0 unspecified atom stereocenters. The van der Waals surface area contributed by atoms with Crippen molar-refractivity contribution in [2.45, 2.75) is 0 Å². The minimum absolute atomic E-state index is 0.0179. The zero-order chi connectivity index (χ0) is 11.1. The number of aliphatic hydroxyl groups is 1. The first-order chi connectivity index (χ1) is 7.27. The van der Waals surface area contributed by atoms with Crippen LogP contribution in [0.1, 0.15) is 5.56 Å². The van der Waals surface area contributed by atoms with Crippen LogP contribution >= 0.6 is 0 Å². The van der Waals surface area contributed by atoms with E-state index in [1.54, 1.807) is 12.1 Å². The number of nitrogens with zero attached hydrogens (tertiary/aromatic N) is 1. The zero-order valence-corrected chi connectivity index (χ0v) is 8.40. The lowest BCUT2D eigenvalue weighted by molar-refractivity contribution is 0.294. The second-order valence-electron chi connectivity index (χ2n) is 2.78. The lowest BCUT2D eigenvalue weighted by Gasteiger charge is -2.02. The van der Waals surface area contributed by atoms with Crippen molar-refractivity contribution in [2.24, 2.45) is 5.10 Å². The Morgan fingerprint density at radius 1 is 1.60 bits per heavy atom. The second-order valence-corrected chi connectivity index (χ2v) is 2.78. The molecule has 1 rings (SSSR count). The van der Waals surface area contributed by atoms with Crippen LogP contribution in [0.3, 0.4) is 0 Å². The molecule has 0 spiro atoms. The molecule has 0 saturated heterocycles. The summed E-state index contributed by atoms with van der Waals surface area (Å²) in [6, 6.07) is 4.44. The number of hydrogen-bond donors (Lipinski definition) is 2.